The first-order valence-corrected chi connectivity index (χ1v) is 6.19. The Labute approximate surface area is 102 Å². The second-order valence-electron chi connectivity index (χ2n) is 4.79. The highest BCUT2D eigenvalue weighted by Gasteiger charge is 2.34. The maximum Gasteiger partial charge on any atom is 0.309 e. The van der Waals surface area contributed by atoms with Crippen LogP contribution in [0.15, 0.2) is 0 Å². The first kappa shape index (κ1) is 14.0. The minimum atomic E-state index is -0.819. The Hall–Kier alpha value is -1.10. The third-order valence-corrected chi connectivity index (χ3v) is 3.41. The van der Waals surface area contributed by atoms with E-state index in [0.717, 1.165) is 12.8 Å². The summed E-state index contributed by atoms with van der Waals surface area (Å²) in [7, 11) is 1.81. The summed E-state index contributed by atoms with van der Waals surface area (Å²) >= 11 is 0. The van der Waals surface area contributed by atoms with E-state index in [1.54, 1.807) is 4.90 Å². The van der Waals surface area contributed by atoms with Gasteiger partial charge in [-0.1, -0.05) is 13.3 Å². The molecule has 1 N–H and O–H groups in total. The Bertz CT molecular complexity index is 293. The molecule has 0 spiro atoms. The van der Waals surface area contributed by atoms with E-state index in [1.807, 2.05) is 18.9 Å². The van der Waals surface area contributed by atoms with Gasteiger partial charge < -0.3 is 10.0 Å². The monoisotopic (exact) mass is 242 g/mol. The first-order valence-electron chi connectivity index (χ1n) is 6.19. The van der Waals surface area contributed by atoms with Gasteiger partial charge in [0.15, 0.2) is 0 Å². The van der Waals surface area contributed by atoms with Crippen molar-refractivity contribution in [2.75, 3.05) is 26.7 Å². The van der Waals surface area contributed by atoms with Gasteiger partial charge in [-0.15, -0.1) is 0 Å². The third kappa shape index (κ3) is 3.43. The molecule has 1 saturated heterocycles. The fraction of sp³-hybridized carbons (Fsp3) is 0.833. The Morgan fingerprint density at radius 2 is 2.12 bits per heavy atom. The summed E-state index contributed by atoms with van der Waals surface area (Å²) in [5.41, 5.74) is 0. The van der Waals surface area contributed by atoms with Gasteiger partial charge in [0, 0.05) is 19.6 Å². The fourth-order valence-corrected chi connectivity index (χ4v) is 2.08. The van der Waals surface area contributed by atoms with E-state index in [1.165, 1.54) is 0 Å². The number of carboxylic acid groups (broad SMARTS) is 1. The average Bonchev–Trinajstić information content (AvgIpc) is 2.39. The van der Waals surface area contributed by atoms with Crippen molar-refractivity contribution in [3.05, 3.63) is 0 Å². The summed E-state index contributed by atoms with van der Waals surface area (Å²) in [6.07, 6.45) is 1.93. The number of carboxylic acids is 1. The number of amides is 1. The van der Waals surface area contributed by atoms with Crippen LogP contribution in [-0.4, -0.2) is 59.5 Å². The summed E-state index contributed by atoms with van der Waals surface area (Å²) < 4.78 is 0. The van der Waals surface area contributed by atoms with Crippen LogP contribution in [0.1, 0.15) is 26.7 Å². The van der Waals surface area contributed by atoms with Crippen LogP contribution >= 0.6 is 0 Å². The minimum absolute atomic E-state index is 0.0460. The SMILES string of the molecule is CCCCN1CC(C(=O)O)CN(C)C(C)C1=O. The van der Waals surface area contributed by atoms with Crippen molar-refractivity contribution >= 4 is 11.9 Å². The smallest absolute Gasteiger partial charge is 0.309 e. The first-order chi connectivity index (χ1) is 7.97. The van der Waals surface area contributed by atoms with Gasteiger partial charge in [-0.2, -0.15) is 0 Å². The van der Waals surface area contributed by atoms with Crippen LogP contribution in [0.4, 0.5) is 0 Å². The van der Waals surface area contributed by atoms with Crippen LogP contribution in [0, 0.1) is 5.92 Å². The van der Waals surface area contributed by atoms with Gasteiger partial charge in [0.05, 0.1) is 12.0 Å². The van der Waals surface area contributed by atoms with Crippen LogP contribution in [0.3, 0.4) is 0 Å². The van der Waals surface area contributed by atoms with E-state index in [0.29, 0.717) is 19.6 Å². The Morgan fingerprint density at radius 1 is 1.47 bits per heavy atom. The molecule has 1 fully saturated rings. The van der Waals surface area contributed by atoms with Crippen molar-refractivity contribution < 1.29 is 14.7 Å². The molecule has 1 heterocycles. The molecule has 1 rings (SSSR count). The number of hydrogen-bond acceptors (Lipinski definition) is 3. The third-order valence-electron chi connectivity index (χ3n) is 3.41. The maximum absolute atomic E-state index is 12.1. The highest BCUT2D eigenvalue weighted by Crippen LogP contribution is 2.15. The molecule has 0 radical (unpaired) electrons. The van der Waals surface area contributed by atoms with E-state index in [4.69, 9.17) is 5.11 Å². The maximum atomic E-state index is 12.1. The molecular formula is C12H22N2O3. The van der Waals surface area contributed by atoms with Crippen LogP contribution in [-0.2, 0) is 9.59 Å². The summed E-state index contributed by atoms with van der Waals surface area (Å²) in [4.78, 5) is 26.8. The molecule has 0 bridgehead atoms. The van der Waals surface area contributed by atoms with Gasteiger partial charge in [-0.25, -0.2) is 0 Å². The zero-order valence-corrected chi connectivity index (χ0v) is 10.8. The second-order valence-corrected chi connectivity index (χ2v) is 4.79. The molecule has 1 amide bonds. The number of carbonyl (C=O) groups is 2. The van der Waals surface area contributed by atoms with Crippen molar-refractivity contribution in [3.63, 3.8) is 0 Å². The number of nitrogens with zero attached hydrogens (tertiary/aromatic N) is 2. The lowest BCUT2D eigenvalue weighted by molar-refractivity contribution is -0.142. The summed E-state index contributed by atoms with van der Waals surface area (Å²) in [6, 6.07) is -0.226. The van der Waals surface area contributed by atoms with Gasteiger partial charge in [-0.3, -0.25) is 14.5 Å². The largest absolute Gasteiger partial charge is 0.481 e. The topological polar surface area (TPSA) is 60.9 Å². The number of hydrogen-bond donors (Lipinski definition) is 1. The fourth-order valence-electron chi connectivity index (χ4n) is 2.08. The quantitative estimate of drug-likeness (QED) is 0.786. The molecule has 98 valence electrons. The number of carbonyl (C=O) groups excluding carboxylic acids is 1. The standard InChI is InChI=1S/C12H22N2O3/c1-4-5-6-14-8-10(12(16)17)7-13(3)9(2)11(14)15/h9-10H,4-8H2,1-3H3,(H,16,17). The van der Waals surface area contributed by atoms with E-state index in [2.05, 4.69) is 6.92 Å². The number of likely N-dealkylation sites (N-methyl/N-ethyl adjacent to an activating group) is 1. The van der Waals surface area contributed by atoms with Crippen LogP contribution < -0.4 is 0 Å². The van der Waals surface area contributed by atoms with Crippen LogP contribution in [0.25, 0.3) is 0 Å². The minimum Gasteiger partial charge on any atom is -0.481 e. The van der Waals surface area contributed by atoms with E-state index in [-0.39, 0.29) is 11.9 Å². The molecular weight excluding hydrogens is 220 g/mol. The van der Waals surface area contributed by atoms with E-state index in [9.17, 15) is 9.59 Å². The van der Waals surface area contributed by atoms with E-state index < -0.39 is 11.9 Å². The molecule has 0 saturated carbocycles. The molecule has 5 nitrogen and oxygen atoms in total. The zero-order chi connectivity index (χ0) is 13.0. The molecule has 2 atom stereocenters. The van der Waals surface area contributed by atoms with Crippen molar-refractivity contribution in [3.8, 4) is 0 Å². The molecule has 17 heavy (non-hydrogen) atoms. The Balaban J connectivity index is 2.79. The Morgan fingerprint density at radius 3 is 2.65 bits per heavy atom. The van der Waals surface area contributed by atoms with Crippen molar-refractivity contribution in [1.82, 2.24) is 9.80 Å². The number of unbranched alkanes of at least 4 members (excludes halogenated alkanes) is 1. The van der Waals surface area contributed by atoms with Gasteiger partial charge >= 0.3 is 5.97 Å². The lowest BCUT2D eigenvalue weighted by Gasteiger charge is -2.25. The molecule has 0 aromatic heterocycles. The normalized spacial score (nSPS) is 27.0. The summed E-state index contributed by atoms with van der Waals surface area (Å²) in [5, 5.41) is 9.13. The van der Waals surface area contributed by atoms with Gasteiger partial charge in [0.1, 0.15) is 0 Å². The van der Waals surface area contributed by atoms with Gasteiger partial charge in [-0.05, 0) is 20.4 Å². The number of rotatable bonds is 4. The van der Waals surface area contributed by atoms with E-state index >= 15 is 0 Å². The van der Waals surface area contributed by atoms with Crippen molar-refractivity contribution in [2.45, 2.75) is 32.7 Å². The predicted molar refractivity (Wildman–Crippen MR) is 64.7 cm³/mol. The Kier molecular flexibility index (Phi) is 4.93. The summed E-state index contributed by atoms with van der Waals surface area (Å²) in [6.45, 7) is 5.34. The molecule has 0 aliphatic carbocycles. The van der Waals surface area contributed by atoms with Crippen molar-refractivity contribution in [1.29, 1.82) is 0 Å². The van der Waals surface area contributed by atoms with Gasteiger partial charge in [0.2, 0.25) is 5.91 Å². The number of aliphatic carboxylic acids is 1. The van der Waals surface area contributed by atoms with Crippen LogP contribution in [0.2, 0.25) is 0 Å². The average molecular weight is 242 g/mol. The highest BCUT2D eigenvalue weighted by molar-refractivity contribution is 5.83. The second kappa shape index (κ2) is 6.00. The molecule has 2 unspecified atom stereocenters. The lowest BCUT2D eigenvalue weighted by atomic mass is 10.1. The highest BCUT2D eigenvalue weighted by atomic mass is 16.4. The molecule has 0 aromatic rings. The zero-order valence-electron chi connectivity index (χ0n) is 10.8. The molecule has 1 aliphatic rings. The predicted octanol–water partition coefficient (Wildman–Crippen LogP) is 0.650. The summed E-state index contributed by atoms with van der Waals surface area (Å²) in [5.74, 6) is -1.25. The molecule has 0 aromatic carbocycles. The lowest BCUT2D eigenvalue weighted by Crippen LogP contribution is -2.42. The molecule has 1 aliphatic heterocycles. The van der Waals surface area contributed by atoms with Crippen molar-refractivity contribution in [2.24, 2.45) is 5.92 Å². The molecule has 5 heteroatoms. The van der Waals surface area contributed by atoms with Crippen LogP contribution in [0.5, 0.6) is 0 Å². The van der Waals surface area contributed by atoms with Gasteiger partial charge in [0.25, 0.3) is 0 Å².